The fraction of sp³-hybridized carbons (Fsp3) is 0.0526. The van der Waals surface area contributed by atoms with Crippen molar-refractivity contribution in [2.45, 2.75) is 0 Å². The lowest BCUT2D eigenvalue weighted by atomic mass is 10.1. The van der Waals surface area contributed by atoms with Crippen LogP contribution in [0.2, 0.25) is 0 Å². The number of carboxylic acids is 1. The number of amides is 2. The zero-order chi connectivity index (χ0) is 22.0. The third kappa shape index (κ3) is 4.78. The summed E-state index contributed by atoms with van der Waals surface area (Å²) < 4.78 is 20.7. The van der Waals surface area contributed by atoms with Crippen molar-refractivity contribution in [2.75, 3.05) is 11.5 Å². The van der Waals surface area contributed by atoms with Crippen LogP contribution in [0.4, 0.5) is 10.1 Å². The van der Waals surface area contributed by atoms with Gasteiger partial charge < -0.3 is 9.84 Å². The zero-order valence-electron chi connectivity index (χ0n) is 14.8. The SMILES string of the molecule is O=C(O)COc1c(I)cc(/C=C2\C(=O)NC(=S)N(c3ccccc3F)C2=O)cc1I. The molecular weight excluding hydrogens is 641 g/mol. The topological polar surface area (TPSA) is 95.9 Å². The monoisotopic (exact) mass is 652 g/mol. The molecule has 2 amide bonds. The predicted molar refractivity (Wildman–Crippen MR) is 128 cm³/mol. The highest BCUT2D eigenvalue weighted by atomic mass is 127. The molecule has 1 fully saturated rings. The van der Waals surface area contributed by atoms with Crippen LogP contribution in [0, 0.1) is 13.0 Å². The van der Waals surface area contributed by atoms with Crippen LogP contribution in [0.25, 0.3) is 6.08 Å². The summed E-state index contributed by atoms with van der Waals surface area (Å²) in [6.07, 6.45) is 1.36. The number of aliphatic carboxylic acids is 1. The van der Waals surface area contributed by atoms with E-state index in [4.69, 9.17) is 22.1 Å². The summed E-state index contributed by atoms with van der Waals surface area (Å²) in [5.74, 6) is -2.84. The molecule has 2 aromatic carbocycles. The summed E-state index contributed by atoms with van der Waals surface area (Å²) in [7, 11) is 0. The number of anilines is 1. The molecule has 3 rings (SSSR count). The van der Waals surface area contributed by atoms with Crippen molar-refractivity contribution in [1.82, 2.24) is 5.32 Å². The number of ether oxygens (including phenoxy) is 1. The molecule has 0 radical (unpaired) electrons. The number of rotatable bonds is 5. The van der Waals surface area contributed by atoms with Crippen LogP contribution in [0.15, 0.2) is 42.0 Å². The van der Waals surface area contributed by atoms with Crippen LogP contribution in [-0.4, -0.2) is 34.6 Å². The average molecular weight is 652 g/mol. The number of para-hydroxylation sites is 1. The lowest BCUT2D eigenvalue weighted by Gasteiger charge is -2.29. The van der Waals surface area contributed by atoms with Crippen molar-refractivity contribution in [3.05, 3.63) is 60.5 Å². The van der Waals surface area contributed by atoms with Crippen LogP contribution < -0.4 is 15.0 Å². The maximum atomic E-state index is 14.2. The van der Waals surface area contributed by atoms with Crippen molar-refractivity contribution in [2.24, 2.45) is 0 Å². The number of thiocarbonyl (C=S) groups is 1. The van der Waals surface area contributed by atoms with Crippen molar-refractivity contribution in [1.29, 1.82) is 0 Å². The van der Waals surface area contributed by atoms with Gasteiger partial charge in [-0.3, -0.25) is 14.9 Å². The van der Waals surface area contributed by atoms with Gasteiger partial charge in [-0.1, -0.05) is 12.1 Å². The molecular formula is C19H11FI2N2O5S. The van der Waals surface area contributed by atoms with Gasteiger partial charge in [0.25, 0.3) is 11.8 Å². The molecule has 0 aliphatic carbocycles. The van der Waals surface area contributed by atoms with Gasteiger partial charge >= 0.3 is 5.97 Å². The Kier molecular flexibility index (Phi) is 7.02. The maximum Gasteiger partial charge on any atom is 0.341 e. The number of nitrogens with zero attached hydrogens (tertiary/aromatic N) is 1. The lowest BCUT2D eigenvalue weighted by molar-refractivity contribution is -0.139. The zero-order valence-corrected chi connectivity index (χ0v) is 19.9. The molecule has 0 saturated carbocycles. The molecule has 2 N–H and O–H groups in total. The van der Waals surface area contributed by atoms with Crippen LogP contribution in [-0.2, 0) is 14.4 Å². The van der Waals surface area contributed by atoms with E-state index in [-0.39, 0.29) is 16.4 Å². The molecule has 154 valence electrons. The Morgan fingerprint density at radius 3 is 2.47 bits per heavy atom. The third-order valence-corrected chi connectivity index (χ3v) is 5.75. The first-order valence-electron chi connectivity index (χ1n) is 8.18. The van der Waals surface area contributed by atoms with Crippen molar-refractivity contribution < 1.29 is 28.6 Å². The molecule has 7 nitrogen and oxygen atoms in total. The molecule has 1 saturated heterocycles. The number of hydrogen-bond acceptors (Lipinski definition) is 5. The number of carbonyl (C=O) groups excluding carboxylic acids is 2. The van der Waals surface area contributed by atoms with Gasteiger partial charge in [0.2, 0.25) is 0 Å². The summed E-state index contributed by atoms with van der Waals surface area (Å²) >= 11 is 8.99. The quantitative estimate of drug-likeness (QED) is 0.223. The van der Waals surface area contributed by atoms with E-state index in [0.29, 0.717) is 18.5 Å². The summed E-state index contributed by atoms with van der Waals surface area (Å²) in [5.41, 5.74) is 0.212. The van der Waals surface area contributed by atoms with E-state index in [0.717, 1.165) is 4.90 Å². The van der Waals surface area contributed by atoms with E-state index in [1.165, 1.54) is 24.3 Å². The smallest absolute Gasteiger partial charge is 0.341 e. The van der Waals surface area contributed by atoms with Gasteiger partial charge in [0, 0.05) is 0 Å². The van der Waals surface area contributed by atoms with E-state index in [9.17, 15) is 18.8 Å². The van der Waals surface area contributed by atoms with Crippen molar-refractivity contribution >= 4 is 92.1 Å². The summed E-state index contributed by atoms with van der Waals surface area (Å²) in [4.78, 5) is 37.0. The Labute approximate surface area is 202 Å². The number of nitrogens with one attached hydrogen (secondary N) is 1. The number of hydrogen-bond donors (Lipinski definition) is 2. The van der Waals surface area contributed by atoms with Gasteiger partial charge in [-0.2, -0.15) is 0 Å². The van der Waals surface area contributed by atoms with Crippen LogP contribution in [0.1, 0.15) is 5.56 Å². The molecule has 30 heavy (non-hydrogen) atoms. The minimum Gasteiger partial charge on any atom is -0.480 e. The Hall–Kier alpha value is -2.13. The van der Waals surface area contributed by atoms with Gasteiger partial charge in [-0.25, -0.2) is 14.1 Å². The van der Waals surface area contributed by atoms with E-state index >= 15 is 0 Å². The third-order valence-electron chi connectivity index (χ3n) is 3.87. The number of benzene rings is 2. The van der Waals surface area contributed by atoms with Gasteiger partial charge in [0.15, 0.2) is 11.7 Å². The highest BCUT2D eigenvalue weighted by molar-refractivity contribution is 14.1. The Bertz CT molecular complexity index is 1100. The van der Waals surface area contributed by atoms with Crippen LogP contribution >= 0.6 is 57.4 Å². The standard InChI is InChI=1S/C19H11FI2N2O5S/c20-11-3-1-2-4-14(11)24-18(28)10(17(27)23-19(24)30)5-9-6-12(21)16(13(22)7-9)29-8-15(25)26/h1-7H,8H2,(H,25,26)(H,23,27,30)/b10-5+. The Morgan fingerprint density at radius 2 is 1.87 bits per heavy atom. The van der Waals surface area contributed by atoms with E-state index < -0.39 is 30.2 Å². The fourth-order valence-corrected chi connectivity index (χ4v) is 5.01. The number of carboxylic acid groups (broad SMARTS) is 1. The first kappa shape index (κ1) is 22.6. The molecule has 0 unspecified atom stereocenters. The predicted octanol–water partition coefficient (Wildman–Crippen LogP) is 3.33. The van der Waals surface area contributed by atoms with Gasteiger partial charge in [0.1, 0.15) is 17.1 Å². The molecule has 0 atom stereocenters. The maximum absolute atomic E-state index is 14.2. The highest BCUT2D eigenvalue weighted by Crippen LogP contribution is 2.31. The number of halogens is 3. The van der Waals surface area contributed by atoms with E-state index in [1.807, 2.05) is 45.2 Å². The second-order valence-electron chi connectivity index (χ2n) is 5.91. The normalized spacial score (nSPS) is 15.4. The second kappa shape index (κ2) is 9.34. The molecule has 0 aromatic heterocycles. The molecule has 0 spiro atoms. The average Bonchev–Trinajstić information content (AvgIpc) is 2.65. The highest BCUT2D eigenvalue weighted by Gasteiger charge is 2.35. The Balaban J connectivity index is 1.99. The summed E-state index contributed by atoms with van der Waals surface area (Å²) in [6.45, 7) is -0.498. The molecule has 2 aromatic rings. The molecule has 1 heterocycles. The second-order valence-corrected chi connectivity index (χ2v) is 8.62. The van der Waals surface area contributed by atoms with Crippen LogP contribution in [0.5, 0.6) is 5.75 Å². The van der Waals surface area contributed by atoms with Crippen molar-refractivity contribution in [3.8, 4) is 5.75 Å². The number of carbonyl (C=O) groups is 3. The lowest BCUT2D eigenvalue weighted by Crippen LogP contribution is -2.54. The fourth-order valence-electron chi connectivity index (χ4n) is 2.61. The first-order valence-corrected chi connectivity index (χ1v) is 10.7. The largest absolute Gasteiger partial charge is 0.480 e. The Morgan fingerprint density at radius 1 is 1.23 bits per heavy atom. The minimum atomic E-state index is -1.11. The molecule has 0 bridgehead atoms. The van der Waals surface area contributed by atoms with Gasteiger partial charge in [-0.15, -0.1) is 0 Å². The van der Waals surface area contributed by atoms with Gasteiger partial charge in [0.05, 0.1) is 12.8 Å². The molecule has 1 aliphatic rings. The van der Waals surface area contributed by atoms with Crippen LogP contribution in [0.3, 0.4) is 0 Å². The molecule has 1 aliphatic heterocycles. The van der Waals surface area contributed by atoms with Gasteiger partial charge in [-0.05, 0) is 93.3 Å². The van der Waals surface area contributed by atoms with Crippen molar-refractivity contribution in [3.63, 3.8) is 0 Å². The first-order chi connectivity index (χ1) is 14.2. The van der Waals surface area contributed by atoms with E-state index in [1.54, 1.807) is 18.2 Å². The summed E-state index contributed by atoms with van der Waals surface area (Å²) in [6, 6.07) is 8.86. The molecule has 11 heteroatoms. The van der Waals surface area contributed by atoms with E-state index in [2.05, 4.69) is 5.32 Å². The summed E-state index contributed by atoms with van der Waals surface area (Å²) in [5, 5.41) is 11.0. The minimum absolute atomic E-state index is 0.0695.